The van der Waals surface area contributed by atoms with E-state index in [1.54, 1.807) is 0 Å². The molecule has 1 aromatic rings. The van der Waals surface area contributed by atoms with E-state index >= 15 is 0 Å². The Morgan fingerprint density at radius 2 is 2.10 bits per heavy atom. The molecule has 1 aliphatic heterocycles. The van der Waals surface area contributed by atoms with Gasteiger partial charge in [0.15, 0.2) is 0 Å². The molecule has 2 rings (SSSR count). The van der Waals surface area contributed by atoms with Gasteiger partial charge < -0.3 is 20.5 Å². The molecular weight excluding hydrogens is 280 g/mol. The first kappa shape index (κ1) is 16.8. The number of rotatable bonds is 6. The van der Waals surface area contributed by atoms with Crippen LogP contribution in [0.3, 0.4) is 0 Å². The molecule has 1 heterocycles. The van der Waals surface area contributed by atoms with Crippen molar-refractivity contribution >= 4 is 18.3 Å². The molecule has 6 heteroatoms. The van der Waals surface area contributed by atoms with Crippen molar-refractivity contribution in [2.75, 3.05) is 26.2 Å². The molecule has 0 aliphatic carbocycles. The van der Waals surface area contributed by atoms with Crippen LogP contribution < -0.4 is 15.4 Å². The van der Waals surface area contributed by atoms with E-state index in [-0.39, 0.29) is 30.3 Å². The number of hydrogen-bond donors (Lipinski definition) is 3. The number of para-hydroxylation sites is 1. The van der Waals surface area contributed by atoms with E-state index in [2.05, 4.69) is 10.6 Å². The molecule has 0 saturated carbocycles. The Bertz CT molecular complexity index is 403. The lowest BCUT2D eigenvalue weighted by molar-refractivity contribution is -0.121. The molecule has 3 N–H and O–H groups in total. The summed E-state index contributed by atoms with van der Waals surface area (Å²) in [5, 5.41) is 15.5. The van der Waals surface area contributed by atoms with Crippen molar-refractivity contribution in [3.8, 4) is 5.75 Å². The minimum Gasteiger partial charge on any atom is -0.493 e. The minimum atomic E-state index is -0.360. The molecule has 1 amide bonds. The molecule has 1 aliphatic rings. The topological polar surface area (TPSA) is 70.6 Å². The van der Waals surface area contributed by atoms with Crippen molar-refractivity contribution in [1.29, 1.82) is 0 Å². The van der Waals surface area contributed by atoms with Crippen LogP contribution in [0.25, 0.3) is 0 Å². The first-order valence-corrected chi connectivity index (χ1v) is 6.59. The second kappa shape index (κ2) is 8.79. The lowest BCUT2D eigenvalue weighted by atomic mass is 10.1. The monoisotopic (exact) mass is 300 g/mol. The number of carbonyl (C=O) groups excluding carboxylic acids is 1. The molecule has 0 spiro atoms. The third kappa shape index (κ3) is 5.36. The van der Waals surface area contributed by atoms with Crippen LogP contribution in [0.1, 0.15) is 6.42 Å². The summed E-state index contributed by atoms with van der Waals surface area (Å²) < 4.78 is 5.45. The highest BCUT2D eigenvalue weighted by Gasteiger charge is 2.24. The number of ether oxygens (including phenoxy) is 1. The summed E-state index contributed by atoms with van der Waals surface area (Å²) in [5.74, 6) is 0.833. The fourth-order valence-corrected chi connectivity index (χ4v) is 2.04. The van der Waals surface area contributed by atoms with Crippen LogP contribution in [0.2, 0.25) is 0 Å². The number of aliphatic hydroxyl groups is 1. The van der Waals surface area contributed by atoms with Gasteiger partial charge in [-0.25, -0.2) is 0 Å². The quantitative estimate of drug-likeness (QED) is 0.718. The van der Waals surface area contributed by atoms with Gasteiger partial charge in [0.1, 0.15) is 5.75 Å². The Kier molecular flexibility index (Phi) is 7.36. The van der Waals surface area contributed by atoms with Gasteiger partial charge in [0.25, 0.3) is 0 Å². The first-order valence-electron chi connectivity index (χ1n) is 6.59. The van der Waals surface area contributed by atoms with E-state index < -0.39 is 0 Å². The summed E-state index contributed by atoms with van der Waals surface area (Å²) in [4.78, 5) is 11.6. The third-order valence-electron chi connectivity index (χ3n) is 3.21. The van der Waals surface area contributed by atoms with Crippen molar-refractivity contribution in [3.05, 3.63) is 30.3 Å². The third-order valence-corrected chi connectivity index (χ3v) is 3.21. The van der Waals surface area contributed by atoms with Crippen molar-refractivity contribution in [1.82, 2.24) is 10.6 Å². The van der Waals surface area contributed by atoms with Gasteiger partial charge in [-0.3, -0.25) is 4.79 Å². The van der Waals surface area contributed by atoms with Crippen molar-refractivity contribution in [2.45, 2.75) is 12.5 Å². The van der Waals surface area contributed by atoms with Crippen molar-refractivity contribution in [3.63, 3.8) is 0 Å². The SMILES string of the molecule is Cl.O=C(CCOc1ccccc1)NCC1CNCC1O. The summed E-state index contributed by atoms with van der Waals surface area (Å²) in [6.45, 7) is 2.24. The van der Waals surface area contributed by atoms with E-state index in [1.807, 2.05) is 30.3 Å². The van der Waals surface area contributed by atoms with Gasteiger partial charge in [0.2, 0.25) is 5.91 Å². The fraction of sp³-hybridized carbons (Fsp3) is 0.500. The van der Waals surface area contributed by atoms with Crippen LogP contribution in [0.4, 0.5) is 0 Å². The van der Waals surface area contributed by atoms with Crippen LogP contribution in [0.15, 0.2) is 30.3 Å². The van der Waals surface area contributed by atoms with Crippen molar-refractivity contribution < 1.29 is 14.6 Å². The molecule has 5 nitrogen and oxygen atoms in total. The van der Waals surface area contributed by atoms with Gasteiger partial charge in [-0.2, -0.15) is 0 Å². The second-order valence-corrected chi connectivity index (χ2v) is 4.70. The number of β-amino-alcohol motifs (C(OH)–C–C–N with tert-alkyl or cyclic N) is 1. The minimum absolute atomic E-state index is 0. The van der Waals surface area contributed by atoms with Crippen LogP contribution in [0.5, 0.6) is 5.75 Å². The maximum atomic E-state index is 11.6. The number of nitrogens with one attached hydrogen (secondary N) is 2. The highest BCUT2D eigenvalue weighted by molar-refractivity contribution is 5.85. The van der Waals surface area contributed by atoms with E-state index in [1.165, 1.54) is 0 Å². The van der Waals surface area contributed by atoms with Gasteiger partial charge in [-0.15, -0.1) is 12.4 Å². The van der Waals surface area contributed by atoms with Crippen molar-refractivity contribution in [2.24, 2.45) is 5.92 Å². The predicted molar refractivity (Wildman–Crippen MR) is 79.2 cm³/mol. The van der Waals surface area contributed by atoms with E-state index in [9.17, 15) is 9.90 Å². The summed E-state index contributed by atoms with van der Waals surface area (Å²) in [6.07, 6.45) is -0.0358. The summed E-state index contributed by atoms with van der Waals surface area (Å²) in [6, 6.07) is 9.42. The summed E-state index contributed by atoms with van der Waals surface area (Å²) in [5.41, 5.74) is 0. The van der Waals surface area contributed by atoms with E-state index in [0.717, 1.165) is 12.3 Å². The zero-order valence-corrected chi connectivity index (χ0v) is 12.1. The summed E-state index contributed by atoms with van der Waals surface area (Å²) >= 11 is 0. The molecule has 0 aromatic heterocycles. The molecule has 20 heavy (non-hydrogen) atoms. The molecule has 2 unspecified atom stereocenters. The molecule has 1 saturated heterocycles. The molecule has 1 aromatic carbocycles. The van der Waals surface area contributed by atoms with Crippen LogP contribution >= 0.6 is 12.4 Å². The second-order valence-electron chi connectivity index (χ2n) is 4.70. The number of carbonyl (C=O) groups is 1. The van der Waals surface area contributed by atoms with Gasteiger partial charge in [0.05, 0.1) is 19.1 Å². The zero-order chi connectivity index (χ0) is 13.5. The Morgan fingerprint density at radius 1 is 1.35 bits per heavy atom. The fourth-order valence-electron chi connectivity index (χ4n) is 2.04. The van der Waals surface area contributed by atoms with E-state index in [4.69, 9.17) is 4.74 Å². The number of halogens is 1. The van der Waals surface area contributed by atoms with Crippen LogP contribution in [-0.2, 0) is 4.79 Å². The normalized spacial score (nSPS) is 21.1. The molecule has 112 valence electrons. The van der Waals surface area contributed by atoms with E-state index in [0.29, 0.717) is 26.1 Å². The maximum absolute atomic E-state index is 11.6. The number of hydrogen-bond acceptors (Lipinski definition) is 4. The molecule has 0 bridgehead atoms. The van der Waals surface area contributed by atoms with Gasteiger partial charge in [0, 0.05) is 25.6 Å². The molecule has 2 atom stereocenters. The largest absolute Gasteiger partial charge is 0.493 e. The molecule has 0 radical (unpaired) electrons. The lowest BCUT2D eigenvalue weighted by Gasteiger charge is -2.14. The Hall–Kier alpha value is -1.30. The standard InChI is InChI=1S/C14H20N2O3.ClH/c17-13-10-15-8-11(13)9-16-14(18)6-7-19-12-4-2-1-3-5-12;/h1-5,11,13,15,17H,6-10H2,(H,16,18);1H. The first-order chi connectivity index (χ1) is 9.25. The van der Waals surface area contributed by atoms with Gasteiger partial charge >= 0.3 is 0 Å². The molecule has 1 fully saturated rings. The average molecular weight is 301 g/mol. The predicted octanol–water partition coefficient (Wildman–Crippen LogP) is 0.574. The Morgan fingerprint density at radius 3 is 2.75 bits per heavy atom. The average Bonchev–Trinajstić information content (AvgIpc) is 2.83. The van der Waals surface area contributed by atoms with Crippen LogP contribution in [0, 0.1) is 5.92 Å². The maximum Gasteiger partial charge on any atom is 0.223 e. The zero-order valence-electron chi connectivity index (χ0n) is 11.2. The summed E-state index contributed by atoms with van der Waals surface area (Å²) in [7, 11) is 0. The van der Waals surface area contributed by atoms with Gasteiger partial charge in [-0.05, 0) is 12.1 Å². The number of amides is 1. The Balaban J connectivity index is 0.00000200. The van der Waals surface area contributed by atoms with Gasteiger partial charge in [-0.1, -0.05) is 18.2 Å². The number of benzene rings is 1. The number of aliphatic hydroxyl groups excluding tert-OH is 1. The smallest absolute Gasteiger partial charge is 0.223 e. The lowest BCUT2D eigenvalue weighted by Crippen LogP contribution is -2.34. The Labute approximate surface area is 125 Å². The highest BCUT2D eigenvalue weighted by Crippen LogP contribution is 2.09. The highest BCUT2D eigenvalue weighted by atomic mass is 35.5. The molecular formula is C14H21ClN2O3. The van der Waals surface area contributed by atoms with Crippen LogP contribution in [-0.4, -0.2) is 43.4 Å².